The predicted molar refractivity (Wildman–Crippen MR) is 82.0 cm³/mol. The molecule has 0 fully saturated rings. The second-order valence-electron chi connectivity index (χ2n) is 4.44. The van der Waals surface area contributed by atoms with Gasteiger partial charge < -0.3 is 9.15 Å². The molecule has 0 bridgehead atoms. The molecular weight excluding hydrogens is 330 g/mol. The Morgan fingerprint density at radius 2 is 2.14 bits per heavy atom. The molecule has 118 valence electrons. The van der Waals surface area contributed by atoms with Crippen LogP contribution in [0.1, 0.15) is 16.2 Å². The molecular formula is C13H14ClN3O4S. The highest BCUT2D eigenvalue weighted by Gasteiger charge is 2.26. The molecule has 2 aromatic rings. The van der Waals surface area contributed by atoms with Gasteiger partial charge in [-0.2, -0.15) is 0 Å². The SMILES string of the molecule is COC(=O)Cc1csc(N(C(=O)c2ccc(Cl)o2)N(C)C)n1. The van der Waals surface area contributed by atoms with Gasteiger partial charge in [-0.3, -0.25) is 9.59 Å². The topological polar surface area (TPSA) is 75.9 Å². The summed E-state index contributed by atoms with van der Waals surface area (Å²) in [5, 5.41) is 5.15. The van der Waals surface area contributed by atoms with Crippen molar-refractivity contribution < 1.29 is 18.7 Å². The number of amides is 1. The zero-order valence-corrected chi connectivity index (χ0v) is 13.8. The van der Waals surface area contributed by atoms with E-state index in [4.69, 9.17) is 16.0 Å². The first-order valence-electron chi connectivity index (χ1n) is 6.20. The fourth-order valence-electron chi connectivity index (χ4n) is 1.67. The Morgan fingerprint density at radius 1 is 1.41 bits per heavy atom. The highest BCUT2D eigenvalue weighted by Crippen LogP contribution is 2.25. The van der Waals surface area contributed by atoms with Crippen molar-refractivity contribution in [2.24, 2.45) is 0 Å². The third kappa shape index (κ3) is 3.65. The van der Waals surface area contributed by atoms with Crippen LogP contribution in [0, 0.1) is 0 Å². The summed E-state index contributed by atoms with van der Waals surface area (Å²) in [4.78, 5) is 28.0. The van der Waals surface area contributed by atoms with E-state index < -0.39 is 11.9 Å². The summed E-state index contributed by atoms with van der Waals surface area (Å²) in [6, 6.07) is 2.98. The van der Waals surface area contributed by atoms with E-state index in [0.717, 1.165) is 0 Å². The molecule has 2 aromatic heterocycles. The quantitative estimate of drug-likeness (QED) is 0.612. The fraction of sp³-hybridized carbons (Fsp3) is 0.308. The van der Waals surface area contributed by atoms with Gasteiger partial charge in [-0.25, -0.2) is 15.0 Å². The van der Waals surface area contributed by atoms with Crippen LogP contribution in [0.3, 0.4) is 0 Å². The number of methoxy groups -OCH3 is 1. The summed E-state index contributed by atoms with van der Waals surface area (Å²) in [6.07, 6.45) is 0.0506. The maximum absolute atomic E-state index is 12.5. The Balaban J connectivity index is 2.25. The minimum atomic E-state index is -0.407. The average molecular weight is 344 g/mol. The average Bonchev–Trinajstić information content (AvgIpc) is 3.08. The molecule has 0 spiro atoms. The van der Waals surface area contributed by atoms with E-state index in [2.05, 4.69) is 9.72 Å². The van der Waals surface area contributed by atoms with E-state index in [0.29, 0.717) is 10.8 Å². The van der Waals surface area contributed by atoms with Crippen molar-refractivity contribution in [1.29, 1.82) is 0 Å². The number of esters is 1. The van der Waals surface area contributed by atoms with Gasteiger partial charge in [0.05, 0.1) is 19.2 Å². The fourth-order valence-corrected chi connectivity index (χ4v) is 2.71. The largest absolute Gasteiger partial charge is 0.469 e. The van der Waals surface area contributed by atoms with Crippen molar-refractivity contribution >= 4 is 39.9 Å². The number of hydrazine groups is 1. The molecule has 0 aliphatic carbocycles. The maximum Gasteiger partial charge on any atom is 0.311 e. The Bertz CT molecular complexity index is 682. The number of halogens is 1. The molecule has 0 unspecified atom stereocenters. The van der Waals surface area contributed by atoms with Crippen LogP contribution in [0.15, 0.2) is 21.9 Å². The first-order valence-corrected chi connectivity index (χ1v) is 7.46. The molecule has 0 atom stereocenters. The van der Waals surface area contributed by atoms with Crippen LogP contribution in [0.2, 0.25) is 5.22 Å². The highest BCUT2D eigenvalue weighted by atomic mass is 35.5. The number of hydrogen-bond acceptors (Lipinski definition) is 7. The van der Waals surface area contributed by atoms with E-state index in [1.54, 1.807) is 24.5 Å². The summed E-state index contributed by atoms with van der Waals surface area (Å²) >= 11 is 6.93. The van der Waals surface area contributed by atoms with Crippen LogP contribution >= 0.6 is 22.9 Å². The first-order chi connectivity index (χ1) is 10.4. The Morgan fingerprint density at radius 3 is 2.68 bits per heavy atom. The van der Waals surface area contributed by atoms with Gasteiger partial charge in [-0.15, -0.1) is 11.3 Å². The van der Waals surface area contributed by atoms with Gasteiger partial charge in [0.15, 0.2) is 11.0 Å². The van der Waals surface area contributed by atoms with Crippen LogP contribution in [0.25, 0.3) is 0 Å². The molecule has 2 heterocycles. The van der Waals surface area contributed by atoms with Gasteiger partial charge in [-0.05, 0) is 23.7 Å². The van der Waals surface area contributed by atoms with Crippen molar-refractivity contribution in [1.82, 2.24) is 9.99 Å². The van der Waals surface area contributed by atoms with Gasteiger partial charge >= 0.3 is 11.9 Å². The smallest absolute Gasteiger partial charge is 0.311 e. The second kappa shape index (κ2) is 6.91. The molecule has 0 aliphatic rings. The summed E-state index contributed by atoms with van der Waals surface area (Å²) in [5.41, 5.74) is 0.531. The monoisotopic (exact) mass is 343 g/mol. The van der Waals surface area contributed by atoms with E-state index in [-0.39, 0.29) is 17.4 Å². The number of hydrogen-bond donors (Lipinski definition) is 0. The highest BCUT2D eigenvalue weighted by molar-refractivity contribution is 7.14. The molecule has 9 heteroatoms. The Kier molecular flexibility index (Phi) is 5.17. The van der Waals surface area contributed by atoms with Crippen LogP contribution < -0.4 is 5.01 Å². The molecule has 2 rings (SSSR count). The predicted octanol–water partition coefficient (Wildman–Crippen LogP) is 2.23. The molecule has 0 radical (unpaired) electrons. The number of anilines is 1. The summed E-state index contributed by atoms with van der Waals surface area (Å²) < 4.78 is 9.73. The summed E-state index contributed by atoms with van der Waals surface area (Å²) in [7, 11) is 4.71. The molecule has 1 amide bonds. The molecule has 0 saturated carbocycles. The van der Waals surface area contributed by atoms with Crippen LogP contribution in [-0.2, 0) is 16.0 Å². The minimum absolute atomic E-state index is 0.0506. The lowest BCUT2D eigenvalue weighted by atomic mass is 10.3. The second-order valence-corrected chi connectivity index (χ2v) is 5.65. The van der Waals surface area contributed by atoms with Gasteiger partial charge in [0.25, 0.3) is 0 Å². The number of carbonyl (C=O) groups excluding carboxylic acids is 2. The maximum atomic E-state index is 12.5. The number of nitrogens with zero attached hydrogens (tertiary/aromatic N) is 3. The van der Waals surface area contributed by atoms with Crippen molar-refractivity contribution in [2.75, 3.05) is 26.2 Å². The number of carbonyl (C=O) groups is 2. The Hall–Kier alpha value is -1.90. The Labute approximate surface area is 136 Å². The normalized spacial score (nSPS) is 10.8. The van der Waals surface area contributed by atoms with Crippen LogP contribution in [0.4, 0.5) is 5.13 Å². The lowest BCUT2D eigenvalue weighted by Gasteiger charge is -2.25. The van der Waals surface area contributed by atoms with E-state index in [1.807, 2.05) is 0 Å². The lowest BCUT2D eigenvalue weighted by Crippen LogP contribution is -2.42. The molecule has 0 aliphatic heterocycles. The molecule has 0 saturated heterocycles. The van der Waals surface area contributed by atoms with Crippen molar-refractivity contribution in [3.05, 3.63) is 34.2 Å². The van der Waals surface area contributed by atoms with E-state index in [9.17, 15) is 9.59 Å². The van der Waals surface area contributed by atoms with Crippen LogP contribution in [0.5, 0.6) is 0 Å². The van der Waals surface area contributed by atoms with Crippen molar-refractivity contribution in [3.63, 3.8) is 0 Å². The van der Waals surface area contributed by atoms with Gasteiger partial charge in [-0.1, -0.05) is 0 Å². The molecule has 0 aromatic carbocycles. The van der Waals surface area contributed by atoms with Crippen LogP contribution in [-0.4, -0.2) is 43.1 Å². The summed E-state index contributed by atoms with van der Waals surface area (Å²) in [6.45, 7) is 0. The third-order valence-corrected chi connectivity index (χ3v) is 3.72. The van der Waals surface area contributed by atoms with E-state index in [1.165, 1.54) is 35.6 Å². The first kappa shape index (κ1) is 16.5. The standard InChI is InChI=1S/C13H14ClN3O4S/c1-16(2)17(12(19)9-4-5-10(14)21-9)13-15-8(7-22-13)6-11(18)20-3/h4-5,7H,6H2,1-3H3. The molecule has 0 N–H and O–H groups in total. The lowest BCUT2D eigenvalue weighted by molar-refractivity contribution is -0.139. The zero-order valence-electron chi connectivity index (χ0n) is 12.2. The molecule has 7 nitrogen and oxygen atoms in total. The number of furan rings is 1. The number of ether oxygens (including phenoxy) is 1. The van der Waals surface area contributed by atoms with Gasteiger partial charge in [0.2, 0.25) is 5.13 Å². The number of rotatable bonds is 5. The number of thiazole rings is 1. The number of aromatic nitrogens is 1. The minimum Gasteiger partial charge on any atom is -0.469 e. The van der Waals surface area contributed by atoms with E-state index >= 15 is 0 Å². The van der Waals surface area contributed by atoms with Crippen molar-refractivity contribution in [2.45, 2.75) is 6.42 Å². The molecule has 22 heavy (non-hydrogen) atoms. The van der Waals surface area contributed by atoms with Gasteiger partial charge in [0, 0.05) is 19.5 Å². The van der Waals surface area contributed by atoms with Gasteiger partial charge in [0.1, 0.15) is 0 Å². The third-order valence-electron chi connectivity index (χ3n) is 2.65. The zero-order chi connectivity index (χ0) is 16.3. The van der Waals surface area contributed by atoms with Crippen molar-refractivity contribution in [3.8, 4) is 0 Å². The summed E-state index contributed by atoms with van der Waals surface area (Å²) in [5.74, 6) is -0.698.